The van der Waals surface area contributed by atoms with Crippen molar-refractivity contribution >= 4 is 28.4 Å². The van der Waals surface area contributed by atoms with Crippen molar-refractivity contribution < 1.29 is 9.53 Å². The van der Waals surface area contributed by atoms with E-state index in [0.29, 0.717) is 22.0 Å². The van der Waals surface area contributed by atoms with Crippen molar-refractivity contribution in [2.45, 2.75) is 19.5 Å². The third kappa shape index (κ3) is 4.54. The van der Waals surface area contributed by atoms with Crippen molar-refractivity contribution in [3.8, 4) is 11.4 Å². The zero-order chi connectivity index (χ0) is 23.5. The summed E-state index contributed by atoms with van der Waals surface area (Å²) in [6.07, 6.45) is 0. The number of methoxy groups -OCH3 is 1. The van der Waals surface area contributed by atoms with E-state index >= 15 is 0 Å². The maximum absolute atomic E-state index is 13.4. The minimum atomic E-state index is -0.637. The molecule has 0 radical (unpaired) electrons. The van der Waals surface area contributed by atoms with Gasteiger partial charge in [0.05, 0.1) is 29.7 Å². The number of benzene rings is 3. The highest BCUT2D eigenvalue weighted by atomic mass is 35.5. The highest BCUT2D eigenvalue weighted by Crippen LogP contribution is 2.18. The molecule has 1 N–H and O–H groups in total. The second-order valence-corrected chi connectivity index (χ2v) is 8.01. The number of fused-ring (bicyclic) bond motifs is 1. The van der Waals surface area contributed by atoms with Crippen molar-refractivity contribution in [3.63, 3.8) is 0 Å². The third-order valence-corrected chi connectivity index (χ3v) is 5.65. The first kappa shape index (κ1) is 22.4. The molecule has 8 heteroatoms. The predicted molar refractivity (Wildman–Crippen MR) is 128 cm³/mol. The quantitative estimate of drug-likeness (QED) is 0.472. The predicted octanol–water partition coefficient (Wildman–Crippen LogP) is 3.69. The number of aromatic nitrogens is 2. The smallest absolute Gasteiger partial charge is 0.336 e. The molecule has 0 bridgehead atoms. The molecule has 1 heterocycles. The molecule has 4 aromatic rings. The summed E-state index contributed by atoms with van der Waals surface area (Å²) in [5.74, 6) is 0.226. The average molecular weight is 464 g/mol. The fourth-order valence-corrected chi connectivity index (χ4v) is 3.87. The SMILES string of the molecule is COc1ccc(-n2c(=O)c3ccc(Cl)cc3n(CC(=O)N[C@H](C)c3ccccc3)c2=O)cc1. The van der Waals surface area contributed by atoms with Crippen LogP contribution in [-0.2, 0) is 11.3 Å². The van der Waals surface area contributed by atoms with Gasteiger partial charge in [-0.2, -0.15) is 0 Å². The molecule has 33 heavy (non-hydrogen) atoms. The van der Waals surface area contributed by atoms with Gasteiger partial charge in [0.25, 0.3) is 5.56 Å². The van der Waals surface area contributed by atoms with Gasteiger partial charge in [-0.3, -0.25) is 14.2 Å². The van der Waals surface area contributed by atoms with Crippen molar-refractivity contribution in [1.29, 1.82) is 0 Å². The van der Waals surface area contributed by atoms with Gasteiger partial charge in [-0.15, -0.1) is 0 Å². The van der Waals surface area contributed by atoms with Crippen LogP contribution in [0.3, 0.4) is 0 Å². The van der Waals surface area contributed by atoms with E-state index in [1.807, 2.05) is 37.3 Å². The molecule has 168 valence electrons. The molecule has 0 unspecified atom stereocenters. The maximum atomic E-state index is 13.4. The van der Waals surface area contributed by atoms with E-state index in [-0.39, 0.29) is 23.9 Å². The molecule has 0 saturated heterocycles. The Balaban J connectivity index is 1.79. The van der Waals surface area contributed by atoms with E-state index in [9.17, 15) is 14.4 Å². The summed E-state index contributed by atoms with van der Waals surface area (Å²) in [6, 6.07) is 20.5. The van der Waals surface area contributed by atoms with Crippen LogP contribution < -0.4 is 21.3 Å². The Kier molecular flexibility index (Phi) is 6.33. The van der Waals surface area contributed by atoms with Crippen LogP contribution in [0.25, 0.3) is 16.6 Å². The third-order valence-electron chi connectivity index (χ3n) is 5.42. The standard InChI is InChI=1S/C25H22ClN3O4/c1-16(17-6-4-3-5-7-17)27-23(30)15-28-22-14-18(26)8-13-21(22)24(31)29(25(28)32)19-9-11-20(33-2)12-10-19/h3-14,16H,15H2,1-2H3,(H,27,30)/t16-/m1/s1. The number of amides is 1. The number of hydrogen-bond donors (Lipinski definition) is 1. The monoisotopic (exact) mass is 463 g/mol. The van der Waals surface area contributed by atoms with Crippen LogP contribution in [-0.4, -0.2) is 22.2 Å². The van der Waals surface area contributed by atoms with Gasteiger partial charge in [-0.25, -0.2) is 9.36 Å². The lowest BCUT2D eigenvalue weighted by Crippen LogP contribution is -2.42. The maximum Gasteiger partial charge on any atom is 0.336 e. The van der Waals surface area contributed by atoms with Crippen LogP contribution in [0.1, 0.15) is 18.5 Å². The molecule has 0 saturated carbocycles. The summed E-state index contributed by atoms with van der Waals surface area (Å²) < 4.78 is 7.47. The summed E-state index contributed by atoms with van der Waals surface area (Å²) >= 11 is 6.15. The minimum Gasteiger partial charge on any atom is -0.497 e. The highest BCUT2D eigenvalue weighted by molar-refractivity contribution is 6.31. The molecule has 0 aliphatic rings. The molecule has 0 spiro atoms. The van der Waals surface area contributed by atoms with Gasteiger partial charge >= 0.3 is 5.69 Å². The van der Waals surface area contributed by atoms with Crippen LogP contribution in [0.2, 0.25) is 5.02 Å². The van der Waals surface area contributed by atoms with Crippen LogP contribution >= 0.6 is 11.6 Å². The van der Waals surface area contributed by atoms with Gasteiger partial charge < -0.3 is 10.1 Å². The van der Waals surface area contributed by atoms with E-state index in [2.05, 4.69) is 5.32 Å². The zero-order valence-corrected chi connectivity index (χ0v) is 18.9. The van der Waals surface area contributed by atoms with Crippen LogP contribution in [0, 0.1) is 0 Å². The van der Waals surface area contributed by atoms with Crippen LogP contribution in [0.4, 0.5) is 0 Å². The summed E-state index contributed by atoms with van der Waals surface area (Å²) in [4.78, 5) is 39.5. The largest absolute Gasteiger partial charge is 0.497 e. The van der Waals surface area contributed by atoms with Gasteiger partial charge in [0.15, 0.2) is 0 Å². The Bertz CT molecular complexity index is 1430. The van der Waals surface area contributed by atoms with E-state index in [0.717, 1.165) is 10.1 Å². The molecular weight excluding hydrogens is 442 g/mol. The Hall–Kier alpha value is -3.84. The fourth-order valence-electron chi connectivity index (χ4n) is 3.71. The summed E-state index contributed by atoms with van der Waals surface area (Å²) in [5, 5.41) is 3.54. The van der Waals surface area contributed by atoms with Crippen molar-refractivity contribution in [2.75, 3.05) is 7.11 Å². The molecule has 1 atom stereocenters. The van der Waals surface area contributed by atoms with Crippen molar-refractivity contribution in [1.82, 2.24) is 14.5 Å². The van der Waals surface area contributed by atoms with E-state index < -0.39 is 11.2 Å². The Morgan fingerprint density at radius 2 is 1.73 bits per heavy atom. The van der Waals surface area contributed by atoms with Gasteiger partial charge in [-0.1, -0.05) is 41.9 Å². The lowest BCUT2D eigenvalue weighted by atomic mass is 10.1. The van der Waals surface area contributed by atoms with Gasteiger partial charge in [0.2, 0.25) is 5.91 Å². The topological polar surface area (TPSA) is 82.3 Å². The van der Waals surface area contributed by atoms with Gasteiger partial charge in [0, 0.05) is 5.02 Å². The van der Waals surface area contributed by atoms with Crippen molar-refractivity contribution in [3.05, 3.63) is 104 Å². The normalized spacial score (nSPS) is 11.8. The Labute approximate surface area is 194 Å². The molecule has 1 amide bonds. The summed E-state index contributed by atoms with van der Waals surface area (Å²) in [6.45, 7) is 1.59. The first-order chi connectivity index (χ1) is 15.9. The molecule has 0 aliphatic heterocycles. The first-order valence-corrected chi connectivity index (χ1v) is 10.7. The number of nitrogens with zero attached hydrogens (tertiary/aromatic N) is 2. The highest BCUT2D eigenvalue weighted by Gasteiger charge is 2.18. The number of carbonyl (C=O) groups is 1. The molecule has 0 fully saturated rings. The zero-order valence-electron chi connectivity index (χ0n) is 18.1. The second-order valence-electron chi connectivity index (χ2n) is 7.57. The molecule has 4 rings (SSSR count). The molecule has 0 aliphatic carbocycles. The fraction of sp³-hybridized carbons (Fsp3) is 0.160. The van der Waals surface area contributed by atoms with E-state index in [4.69, 9.17) is 16.3 Å². The van der Waals surface area contributed by atoms with Gasteiger partial charge in [0.1, 0.15) is 12.3 Å². The Morgan fingerprint density at radius 3 is 2.39 bits per heavy atom. The number of rotatable bonds is 6. The number of halogens is 1. The van der Waals surface area contributed by atoms with E-state index in [1.54, 1.807) is 36.4 Å². The number of carbonyl (C=O) groups excluding carboxylic acids is 1. The van der Waals surface area contributed by atoms with Crippen LogP contribution in [0.5, 0.6) is 5.75 Å². The summed E-state index contributed by atoms with van der Waals surface area (Å²) in [7, 11) is 1.53. The number of hydrogen-bond acceptors (Lipinski definition) is 4. The first-order valence-electron chi connectivity index (χ1n) is 10.3. The van der Waals surface area contributed by atoms with E-state index in [1.165, 1.54) is 17.7 Å². The molecular formula is C25H22ClN3O4. The second kappa shape index (κ2) is 9.34. The van der Waals surface area contributed by atoms with Crippen molar-refractivity contribution in [2.24, 2.45) is 0 Å². The molecule has 1 aromatic heterocycles. The number of ether oxygens (including phenoxy) is 1. The molecule has 3 aromatic carbocycles. The van der Waals surface area contributed by atoms with Crippen LogP contribution in [0.15, 0.2) is 82.4 Å². The van der Waals surface area contributed by atoms with Gasteiger partial charge in [-0.05, 0) is 55.0 Å². The lowest BCUT2D eigenvalue weighted by Gasteiger charge is -2.17. The lowest BCUT2D eigenvalue weighted by molar-refractivity contribution is -0.122. The Morgan fingerprint density at radius 1 is 1.03 bits per heavy atom. The molecule has 7 nitrogen and oxygen atoms in total. The summed E-state index contributed by atoms with van der Waals surface area (Å²) in [5.41, 5.74) is 0.474. The average Bonchev–Trinajstić information content (AvgIpc) is 2.82. The number of nitrogens with one attached hydrogen (secondary N) is 1. The minimum absolute atomic E-state index is 0.253.